The molecule has 0 saturated heterocycles. The first-order valence-corrected chi connectivity index (χ1v) is 11.3. The third-order valence-electron chi connectivity index (χ3n) is 5.49. The summed E-state index contributed by atoms with van der Waals surface area (Å²) in [7, 11) is 0. The highest BCUT2D eigenvalue weighted by Gasteiger charge is 2.55. The molecule has 5 rings (SSSR count). The van der Waals surface area contributed by atoms with E-state index in [2.05, 4.69) is 10.2 Å². The van der Waals surface area contributed by atoms with Crippen LogP contribution in [0, 0.1) is 0 Å². The van der Waals surface area contributed by atoms with Crippen LogP contribution in [0.2, 0.25) is 0 Å². The number of carbonyl (C=O) groups is 2. The zero-order valence-electron chi connectivity index (χ0n) is 16.1. The number of rotatable bonds is 3. The van der Waals surface area contributed by atoms with Gasteiger partial charge in [-0.05, 0) is 42.5 Å². The molecule has 2 heterocycles. The van der Waals surface area contributed by atoms with Crippen molar-refractivity contribution in [1.29, 1.82) is 0 Å². The number of esters is 1. The number of hydrogen-bond donors (Lipinski definition) is 2. The molecule has 0 atom stereocenters. The smallest absolute Gasteiger partial charge is 0.341 e. The van der Waals surface area contributed by atoms with E-state index in [0.717, 1.165) is 0 Å². The molecule has 0 radical (unpaired) electrons. The summed E-state index contributed by atoms with van der Waals surface area (Å²) in [5.41, 5.74) is 0.372. The number of phenols is 2. The van der Waals surface area contributed by atoms with E-state index >= 15 is 0 Å². The summed E-state index contributed by atoms with van der Waals surface area (Å²) in [5, 5.41) is 22.3. The fraction of sp³-hybridized carbons (Fsp3) is 0.0870. The van der Waals surface area contributed by atoms with Gasteiger partial charge in [-0.25, -0.2) is 4.79 Å². The van der Waals surface area contributed by atoms with E-state index in [0.29, 0.717) is 16.7 Å². The van der Waals surface area contributed by atoms with Crippen molar-refractivity contribution in [3.63, 3.8) is 0 Å². The van der Waals surface area contributed by atoms with Crippen molar-refractivity contribution < 1.29 is 29.3 Å². The van der Waals surface area contributed by atoms with Gasteiger partial charge in [0.05, 0.1) is 26.4 Å². The number of fused-ring (bicyclic) bond motifs is 6. The molecular formula is C23H12INO6S. The molecule has 158 valence electrons. The van der Waals surface area contributed by atoms with Crippen LogP contribution in [0.3, 0.4) is 0 Å². The van der Waals surface area contributed by atoms with Gasteiger partial charge in [-0.15, -0.1) is 0 Å². The van der Waals surface area contributed by atoms with Gasteiger partial charge < -0.3 is 19.7 Å². The number of thiocarbonyl (C=S) groups is 1. The second kappa shape index (κ2) is 7.40. The Hall–Kier alpha value is -3.27. The molecule has 9 heteroatoms. The Balaban J connectivity index is 1.91. The molecule has 0 bridgehead atoms. The minimum absolute atomic E-state index is 0.0431. The molecule has 7 nitrogen and oxygen atoms in total. The molecule has 0 aliphatic carbocycles. The highest BCUT2D eigenvalue weighted by molar-refractivity contribution is 14.1. The fourth-order valence-corrected chi connectivity index (χ4v) is 4.75. The number of aliphatic imine (C=N–C) groups is 1. The van der Waals surface area contributed by atoms with Gasteiger partial charge in [0.2, 0.25) is 0 Å². The van der Waals surface area contributed by atoms with Crippen molar-refractivity contribution >= 4 is 57.4 Å². The van der Waals surface area contributed by atoms with Crippen LogP contribution in [0.25, 0.3) is 0 Å². The number of halogens is 1. The van der Waals surface area contributed by atoms with Crippen LogP contribution in [0.1, 0.15) is 37.4 Å². The molecule has 2 N–H and O–H groups in total. The van der Waals surface area contributed by atoms with E-state index in [1.165, 1.54) is 24.3 Å². The summed E-state index contributed by atoms with van der Waals surface area (Å²) in [6.45, 7) is 0. The minimum Gasteiger partial charge on any atom is -0.508 e. The molecule has 0 fully saturated rings. The van der Waals surface area contributed by atoms with Gasteiger partial charge in [0.15, 0.2) is 11.4 Å². The number of alkyl halides is 1. The highest BCUT2D eigenvalue weighted by Crippen LogP contribution is 2.57. The number of ether oxygens (including phenoxy) is 2. The maximum atomic E-state index is 13.3. The average molecular weight is 557 g/mol. The van der Waals surface area contributed by atoms with E-state index in [1.54, 1.807) is 24.3 Å². The number of Topliss-reactive ketones (excluding diaryl/α,β-unsaturated/α-hetero) is 1. The summed E-state index contributed by atoms with van der Waals surface area (Å²) in [4.78, 5) is 30.1. The molecule has 2 aliphatic heterocycles. The van der Waals surface area contributed by atoms with Crippen LogP contribution in [0.15, 0.2) is 53.5 Å². The van der Waals surface area contributed by atoms with Crippen LogP contribution in [-0.2, 0) is 10.3 Å². The van der Waals surface area contributed by atoms with E-state index in [-0.39, 0.29) is 50.0 Å². The van der Waals surface area contributed by atoms with Gasteiger partial charge in [0.25, 0.3) is 0 Å². The largest absolute Gasteiger partial charge is 0.508 e. The van der Waals surface area contributed by atoms with Crippen molar-refractivity contribution in [2.75, 3.05) is 4.43 Å². The summed E-state index contributed by atoms with van der Waals surface area (Å²) < 4.78 is 12.1. The highest BCUT2D eigenvalue weighted by atomic mass is 127. The van der Waals surface area contributed by atoms with Crippen molar-refractivity contribution in [3.8, 4) is 23.0 Å². The molecule has 0 unspecified atom stereocenters. The molecule has 0 saturated carbocycles. The quantitative estimate of drug-likeness (QED) is 0.116. The Morgan fingerprint density at radius 1 is 1.03 bits per heavy atom. The maximum Gasteiger partial charge on any atom is 0.341 e. The SMILES string of the molecule is O=C(CI)c1c(N=C=S)ccc2c1C(=O)OC21c2ccc(O)cc2Oc2cc(O)ccc21. The summed E-state index contributed by atoms with van der Waals surface area (Å²) in [5.74, 6) is -0.575. The molecule has 3 aromatic rings. The lowest BCUT2D eigenvalue weighted by Crippen LogP contribution is -2.32. The monoisotopic (exact) mass is 557 g/mol. The van der Waals surface area contributed by atoms with Gasteiger partial charge in [0.1, 0.15) is 23.0 Å². The normalized spacial score (nSPS) is 14.5. The lowest BCUT2D eigenvalue weighted by Gasteiger charge is -2.36. The lowest BCUT2D eigenvalue weighted by atomic mass is 9.76. The second-order valence-electron chi connectivity index (χ2n) is 7.18. The number of phenolic OH excluding ortho intramolecular Hbond substituents is 2. The number of ketones is 1. The first-order chi connectivity index (χ1) is 15.4. The minimum atomic E-state index is -1.45. The predicted octanol–water partition coefficient (Wildman–Crippen LogP) is 5.02. The Bertz CT molecular complexity index is 1340. The van der Waals surface area contributed by atoms with Crippen LogP contribution in [0.4, 0.5) is 5.69 Å². The Kier molecular flexibility index (Phi) is 4.77. The van der Waals surface area contributed by atoms with Gasteiger partial charge in [0, 0.05) is 28.8 Å². The zero-order valence-corrected chi connectivity index (χ0v) is 19.1. The van der Waals surface area contributed by atoms with E-state index in [1.807, 2.05) is 22.6 Å². The van der Waals surface area contributed by atoms with Crippen molar-refractivity contribution in [1.82, 2.24) is 0 Å². The molecule has 1 spiro atoms. The Labute approximate surface area is 200 Å². The van der Waals surface area contributed by atoms with Crippen LogP contribution < -0.4 is 4.74 Å². The number of aromatic hydroxyl groups is 2. The first kappa shape index (κ1) is 20.6. The van der Waals surface area contributed by atoms with Crippen molar-refractivity contribution in [2.45, 2.75) is 5.60 Å². The molecule has 32 heavy (non-hydrogen) atoms. The van der Waals surface area contributed by atoms with Gasteiger partial charge in [-0.2, -0.15) is 4.99 Å². The molecule has 2 aliphatic rings. The maximum absolute atomic E-state index is 13.3. The number of nitrogens with zero attached hydrogens (tertiary/aromatic N) is 1. The van der Waals surface area contributed by atoms with E-state index in [4.69, 9.17) is 21.7 Å². The van der Waals surface area contributed by atoms with E-state index in [9.17, 15) is 19.8 Å². The Morgan fingerprint density at radius 3 is 2.19 bits per heavy atom. The molecule has 3 aromatic carbocycles. The molecule has 0 aromatic heterocycles. The molecular weight excluding hydrogens is 545 g/mol. The van der Waals surface area contributed by atoms with Gasteiger partial charge in [-0.3, -0.25) is 4.79 Å². The number of hydrogen-bond acceptors (Lipinski definition) is 8. The predicted molar refractivity (Wildman–Crippen MR) is 126 cm³/mol. The van der Waals surface area contributed by atoms with Crippen LogP contribution >= 0.6 is 34.8 Å². The average Bonchev–Trinajstić information content (AvgIpc) is 3.06. The second-order valence-corrected chi connectivity index (χ2v) is 8.12. The third-order valence-corrected chi connectivity index (χ3v) is 6.27. The van der Waals surface area contributed by atoms with Crippen molar-refractivity contribution in [2.24, 2.45) is 4.99 Å². The summed E-state index contributed by atoms with van der Waals surface area (Å²) in [6, 6.07) is 12.2. The third kappa shape index (κ3) is 2.78. The number of carbonyl (C=O) groups excluding carboxylic acids is 2. The lowest BCUT2D eigenvalue weighted by molar-refractivity contribution is 0.0223. The van der Waals surface area contributed by atoms with Crippen LogP contribution in [0.5, 0.6) is 23.0 Å². The van der Waals surface area contributed by atoms with Crippen molar-refractivity contribution in [3.05, 3.63) is 76.3 Å². The van der Waals surface area contributed by atoms with E-state index < -0.39 is 11.6 Å². The molecule has 0 amide bonds. The van der Waals surface area contributed by atoms with Gasteiger partial charge >= 0.3 is 5.97 Å². The number of benzene rings is 3. The summed E-state index contributed by atoms with van der Waals surface area (Å²) >= 11 is 6.63. The topological polar surface area (TPSA) is 105 Å². The fourth-order valence-electron chi connectivity index (χ4n) is 4.27. The standard InChI is InChI=1S/C23H12INO6S/c24-9-17(28)21-16(25-10-32)6-5-15-20(21)22(29)31-23(15)13-3-1-11(26)7-18(13)30-19-8-12(27)2-4-14(19)23/h1-8,26-27H,9H2. The van der Waals surface area contributed by atoms with Crippen LogP contribution in [-0.4, -0.2) is 31.6 Å². The zero-order chi connectivity index (χ0) is 22.6. The first-order valence-electron chi connectivity index (χ1n) is 9.33. The summed E-state index contributed by atoms with van der Waals surface area (Å²) in [6.07, 6.45) is 0. The van der Waals surface area contributed by atoms with Gasteiger partial charge in [-0.1, -0.05) is 28.7 Å². The Morgan fingerprint density at radius 2 is 1.62 bits per heavy atom. The number of isothiocyanates is 1.